The van der Waals surface area contributed by atoms with Crippen molar-refractivity contribution in [2.75, 3.05) is 6.54 Å². The van der Waals surface area contributed by atoms with E-state index in [0.717, 1.165) is 5.56 Å². The van der Waals surface area contributed by atoms with E-state index in [2.05, 4.69) is 16.4 Å². The predicted octanol–water partition coefficient (Wildman–Crippen LogP) is 1.79. The van der Waals surface area contributed by atoms with Crippen molar-refractivity contribution in [3.63, 3.8) is 0 Å². The SMILES string of the molecule is N#CC(CNC1CCCC1)C(O)c1ccncc1. The molecule has 0 aliphatic heterocycles. The summed E-state index contributed by atoms with van der Waals surface area (Å²) < 4.78 is 0. The molecule has 2 N–H and O–H groups in total. The molecule has 4 heteroatoms. The zero-order chi connectivity index (χ0) is 12.8. The summed E-state index contributed by atoms with van der Waals surface area (Å²) in [5.74, 6) is -0.409. The minimum absolute atomic E-state index is 0.409. The zero-order valence-electron chi connectivity index (χ0n) is 10.4. The molecule has 1 fully saturated rings. The average molecular weight is 245 g/mol. The first-order chi connectivity index (χ1) is 8.81. The van der Waals surface area contributed by atoms with Crippen LogP contribution in [0.1, 0.15) is 37.4 Å². The lowest BCUT2D eigenvalue weighted by atomic mass is 9.97. The smallest absolute Gasteiger partial charge is 0.0961 e. The maximum Gasteiger partial charge on any atom is 0.0961 e. The number of rotatable bonds is 5. The Morgan fingerprint density at radius 2 is 2.06 bits per heavy atom. The number of hydrogen-bond donors (Lipinski definition) is 2. The number of aliphatic hydroxyl groups excluding tert-OH is 1. The lowest BCUT2D eigenvalue weighted by Gasteiger charge is -2.19. The molecule has 2 rings (SSSR count). The summed E-state index contributed by atoms with van der Waals surface area (Å²) in [6, 6.07) is 6.22. The van der Waals surface area contributed by atoms with Crippen LogP contribution in [-0.2, 0) is 0 Å². The van der Waals surface area contributed by atoms with Crippen LogP contribution in [0.3, 0.4) is 0 Å². The number of nitriles is 1. The molecular weight excluding hydrogens is 226 g/mol. The highest BCUT2D eigenvalue weighted by atomic mass is 16.3. The topological polar surface area (TPSA) is 68.9 Å². The largest absolute Gasteiger partial charge is 0.387 e. The molecule has 1 aliphatic rings. The Kier molecular flexibility index (Phi) is 4.68. The molecule has 18 heavy (non-hydrogen) atoms. The van der Waals surface area contributed by atoms with Gasteiger partial charge in [-0.15, -0.1) is 0 Å². The van der Waals surface area contributed by atoms with E-state index in [4.69, 9.17) is 5.26 Å². The molecule has 2 unspecified atom stereocenters. The van der Waals surface area contributed by atoms with Gasteiger partial charge in [0.1, 0.15) is 0 Å². The zero-order valence-corrected chi connectivity index (χ0v) is 10.4. The van der Waals surface area contributed by atoms with Gasteiger partial charge in [-0.2, -0.15) is 5.26 Å². The second-order valence-corrected chi connectivity index (χ2v) is 4.85. The van der Waals surface area contributed by atoms with Crippen molar-refractivity contribution in [2.24, 2.45) is 5.92 Å². The van der Waals surface area contributed by atoms with Crippen molar-refractivity contribution in [3.8, 4) is 6.07 Å². The van der Waals surface area contributed by atoms with Gasteiger partial charge in [-0.25, -0.2) is 0 Å². The highest BCUT2D eigenvalue weighted by molar-refractivity contribution is 5.16. The third kappa shape index (κ3) is 3.28. The van der Waals surface area contributed by atoms with Gasteiger partial charge >= 0.3 is 0 Å². The molecule has 0 amide bonds. The summed E-state index contributed by atoms with van der Waals surface area (Å²) in [7, 11) is 0. The van der Waals surface area contributed by atoms with E-state index in [1.165, 1.54) is 25.7 Å². The van der Waals surface area contributed by atoms with Crippen LogP contribution >= 0.6 is 0 Å². The summed E-state index contributed by atoms with van der Waals surface area (Å²) in [6.07, 6.45) is 7.43. The van der Waals surface area contributed by atoms with Crippen LogP contribution in [0.25, 0.3) is 0 Å². The molecule has 0 saturated heterocycles. The molecular formula is C14H19N3O. The fourth-order valence-corrected chi connectivity index (χ4v) is 2.44. The van der Waals surface area contributed by atoms with Crippen LogP contribution in [0.15, 0.2) is 24.5 Å². The normalized spacial score (nSPS) is 19.3. The first kappa shape index (κ1) is 13.0. The molecule has 1 heterocycles. The van der Waals surface area contributed by atoms with Gasteiger partial charge in [0, 0.05) is 25.0 Å². The number of pyridine rings is 1. The Bertz CT molecular complexity index is 395. The second-order valence-electron chi connectivity index (χ2n) is 4.85. The fraction of sp³-hybridized carbons (Fsp3) is 0.571. The summed E-state index contributed by atoms with van der Waals surface area (Å²) in [5, 5.41) is 22.7. The Morgan fingerprint density at radius 3 is 2.67 bits per heavy atom. The third-order valence-corrected chi connectivity index (χ3v) is 3.58. The molecule has 1 aromatic rings. The molecule has 1 aliphatic carbocycles. The maximum absolute atomic E-state index is 10.2. The van der Waals surface area contributed by atoms with Gasteiger partial charge < -0.3 is 10.4 Å². The standard InChI is InChI=1S/C14H19N3O/c15-9-12(10-17-13-3-1-2-4-13)14(18)11-5-7-16-8-6-11/h5-8,12-14,17-18H,1-4,10H2. The quantitative estimate of drug-likeness (QED) is 0.829. The van der Waals surface area contributed by atoms with Crippen molar-refractivity contribution in [3.05, 3.63) is 30.1 Å². The fourth-order valence-electron chi connectivity index (χ4n) is 2.44. The van der Waals surface area contributed by atoms with E-state index < -0.39 is 12.0 Å². The van der Waals surface area contributed by atoms with E-state index in [-0.39, 0.29) is 0 Å². The highest BCUT2D eigenvalue weighted by Gasteiger charge is 2.22. The van der Waals surface area contributed by atoms with Crippen LogP contribution < -0.4 is 5.32 Å². The number of nitrogens with one attached hydrogen (secondary N) is 1. The second kappa shape index (κ2) is 6.48. The van der Waals surface area contributed by atoms with Gasteiger partial charge in [0.05, 0.1) is 18.1 Å². The van der Waals surface area contributed by atoms with E-state index in [1.807, 2.05) is 0 Å². The minimum Gasteiger partial charge on any atom is -0.387 e. The van der Waals surface area contributed by atoms with Crippen LogP contribution in [0.2, 0.25) is 0 Å². The number of aliphatic hydroxyl groups is 1. The van der Waals surface area contributed by atoms with E-state index in [9.17, 15) is 5.11 Å². The van der Waals surface area contributed by atoms with E-state index >= 15 is 0 Å². The molecule has 0 radical (unpaired) electrons. The lowest BCUT2D eigenvalue weighted by Crippen LogP contribution is -2.33. The highest BCUT2D eigenvalue weighted by Crippen LogP contribution is 2.22. The Balaban J connectivity index is 1.90. The lowest BCUT2D eigenvalue weighted by molar-refractivity contribution is 0.132. The van der Waals surface area contributed by atoms with Crippen LogP contribution in [0.4, 0.5) is 0 Å². The van der Waals surface area contributed by atoms with Gasteiger partial charge in [0.2, 0.25) is 0 Å². The van der Waals surface area contributed by atoms with Crippen molar-refractivity contribution in [1.29, 1.82) is 5.26 Å². The first-order valence-corrected chi connectivity index (χ1v) is 6.52. The van der Waals surface area contributed by atoms with E-state index in [0.29, 0.717) is 12.6 Å². The van der Waals surface area contributed by atoms with Gasteiger partial charge in [0.15, 0.2) is 0 Å². The van der Waals surface area contributed by atoms with Crippen LogP contribution in [-0.4, -0.2) is 22.7 Å². The van der Waals surface area contributed by atoms with Crippen molar-refractivity contribution < 1.29 is 5.11 Å². The van der Waals surface area contributed by atoms with Crippen LogP contribution in [0, 0.1) is 17.2 Å². The van der Waals surface area contributed by atoms with Crippen LogP contribution in [0.5, 0.6) is 0 Å². The maximum atomic E-state index is 10.2. The average Bonchev–Trinajstić information content (AvgIpc) is 2.93. The van der Waals surface area contributed by atoms with Gasteiger partial charge in [0.25, 0.3) is 0 Å². The molecule has 0 bridgehead atoms. The van der Waals surface area contributed by atoms with Crippen molar-refractivity contribution in [1.82, 2.24) is 10.3 Å². The monoisotopic (exact) mass is 245 g/mol. The van der Waals surface area contributed by atoms with E-state index in [1.54, 1.807) is 24.5 Å². The molecule has 1 aromatic heterocycles. The third-order valence-electron chi connectivity index (χ3n) is 3.58. The minimum atomic E-state index is -0.744. The molecule has 0 spiro atoms. The van der Waals surface area contributed by atoms with Crippen molar-refractivity contribution >= 4 is 0 Å². The number of nitrogens with zero attached hydrogens (tertiary/aromatic N) is 2. The van der Waals surface area contributed by atoms with Gasteiger partial charge in [-0.3, -0.25) is 4.98 Å². The number of hydrogen-bond acceptors (Lipinski definition) is 4. The Morgan fingerprint density at radius 1 is 1.39 bits per heavy atom. The predicted molar refractivity (Wildman–Crippen MR) is 68.6 cm³/mol. The Labute approximate surface area is 108 Å². The summed E-state index contributed by atoms with van der Waals surface area (Å²) in [5.41, 5.74) is 0.754. The molecule has 0 aromatic carbocycles. The first-order valence-electron chi connectivity index (χ1n) is 6.52. The molecule has 4 nitrogen and oxygen atoms in total. The molecule has 2 atom stereocenters. The summed E-state index contributed by atoms with van der Waals surface area (Å²) >= 11 is 0. The number of aromatic nitrogens is 1. The Hall–Kier alpha value is -1.44. The summed E-state index contributed by atoms with van der Waals surface area (Å²) in [6.45, 7) is 0.546. The molecule has 1 saturated carbocycles. The van der Waals surface area contributed by atoms with Crippen molar-refractivity contribution in [2.45, 2.75) is 37.8 Å². The van der Waals surface area contributed by atoms with Gasteiger partial charge in [-0.05, 0) is 30.5 Å². The van der Waals surface area contributed by atoms with Gasteiger partial charge in [-0.1, -0.05) is 12.8 Å². The molecule has 96 valence electrons. The summed E-state index contributed by atoms with van der Waals surface area (Å²) in [4.78, 5) is 3.91.